The Labute approximate surface area is 121 Å². The molecule has 0 atom stereocenters. The van der Waals surface area contributed by atoms with Gasteiger partial charge in [-0.2, -0.15) is 0 Å². The van der Waals surface area contributed by atoms with Crippen LogP contribution >= 0.6 is 0 Å². The largest absolute Gasteiger partial charge is 0.102 e. The Kier molecular flexibility index (Phi) is 12.5. The van der Waals surface area contributed by atoms with Crippen LogP contribution in [-0.4, -0.2) is 0 Å². The third-order valence-corrected chi connectivity index (χ3v) is 3.32. The predicted octanol–water partition coefficient (Wildman–Crippen LogP) is 5.88. The van der Waals surface area contributed by atoms with Gasteiger partial charge in [0.25, 0.3) is 0 Å². The number of hydrogen-bond acceptors (Lipinski definition) is 0. The molecule has 0 amide bonds. The van der Waals surface area contributed by atoms with Crippen molar-refractivity contribution in [2.45, 2.75) is 85.5 Å². The Balaban J connectivity index is 3.85. The van der Waals surface area contributed by atoms with E-state index in [1.54, 1.807) is 0 Å². The number of allylic oxidation sites excluding steroid dienone is 2. The Morgan fingerprint density at radius 3 is 1.79 bits per heavy atom. The monoisotopic (exact) mass is 258 g/mol. The molecular weight excluding hydrogens is 228 g/mol. The van der Waals surface area contributed by atoms with Crippen LogP contribution in [0.4, 0.5) is 0 Å². The second-order valence-corrected chi connectivity index (χ2v) is 5.08. The molecule has 0 aliphatic carbocycles. The lowest BCUT2D eigenvalue weighted by molar-refractivity contribution is 0.576. The SMILES string of the molecule is CC#CC(C)=C(C#CC)CCCCCCCCCC. The molecule has 0 aromatic heterocycles. The fraction of sp³-hybridized carbons (Fsp3) is 0.684. The van der Waals surface area contributed by atoms with Crippen molar-refractivity contribution in [3.05, 3.63) is 11.1 Å². The lowest BCUT2D eigenvalue weighted by Crippen LogP contribution is -1.87. The summed E-state index contributed by atoms with van der Waals surface area (Å²) in [5, 5.41) is 0. The van der Waals surface area contributed by atoms with Gasteiger partial charge in [-0.05, 0) is 33.6 Å². The van der Waals surface area contributed by atoms with Gasteiger partial charge in [-0.3, -0.25) is 0 Å². The van der Waals surface area contributed by atoms with E-state index < -0.39 is 0 Å². The quantitative estimate of drug-likeness (QED) is 0.358. The molecule has 19 heavy (non-hydrogen) atoms. The average molecular weight is 258 g/mol. The molecular formula is C19H30. The predicted molar refractivity (Wildman–Crippen MR) is 86.8 cm³/mol. The van der Waals surface area contributed by atoms with Gasteiger partial charge >= 0.3 is 0 Å². The van der Waals surface area contributed by atoms with Crippen LogP contribution in [0.3, 0.4) is 0 Å². The highest BCUT2D eigenvalue weighted by molar-refractivity contribution is 5.41. The third kappa shape index (κ3) is 10.5. The summed E-state index contributed by atoms with van der Waals surface area (Å²) in [6, 6.07) is 0. The normalized spacial score (nSPS) is 10.9. The van der Waals surface area contributed by atoms with Gasteiger partial charge < -0.3 is 0 Å². The van der Waals surface area contributed by atoms with Crippen molar-refractivity contribution in [1.29, 1.82) is 0 Å². The second-order valence-electron chi connectivity index (χ2n) is 5.08. The van der Waals surface area contributed by atoms with Gasteiger partial charge in [0.1, 0.15) is 0 Å². The topological polar surface area (TPSA) is 0 Å². The molecule has 106 valence electrons. The Hall–Kier alpha value is -1.14. The smallest absolute Gasteiger partial charge is 0.0133 e. The summed E-state index contributed by atoms with van der Waals surface area (Å²) in [5.74, 6) is 12.3. The van der Waals surface area contributed by atoms with Crippen LogP contribution in [-0.2, 0) is 0 Å². The van der Waals surface area contributed by atoms with Crippen molar-refractivity contribution < 1.29 is 0 Å². The third-order valence-electron chi connectivity index (χ3n) is 3.32. The van der Waals surface area contributed by atoms with Crippen molar-refractivity contribution in [2.75, 3.05) is 0 Å². The maximum absolute atomic E-state index is 3.21. The van der Waals surface area contributed by atoms with E-state index in [2.05, 4.69) is 37.5 Å². The molecule has 0 unspecified atom stereocenters. The molecule has 0 aliphatic heterocycles. The summed E-state index contributed by atoms with van der Waals surface area (Å²) in [5.41, 5.74) is 2.39. The van der Waals surface area contributed by atoms with Gasteiger partial charge in [-0.1, -0.05) is 63.7 Å². The molecule has 0 heteroatoms. The van der Waals surface area contributed by atoms with Crippen molar-refractivity contribution in [3.63, 3.8) is 0 Å². The van der Waals surface area contributed by atoms with Gasteiger partial charge in [-0.25, -0.2) is 0 Å². The molecule has 0 saturated heterocycles. The summed E-state index contributed by atoms with van der Waals surface area (Å²) >= 11 is 0. The van der Waals surface area contributed by atoms with Crippen LogP contribution in [0, 0.1) is 23.7 Å². The van der Waals surface area contributed by atoms with Gasteiger partial charge in [-0.15, -0.1) is 11.8 Å². The Bertz CT molecular complexity index is 362. The highest BCUT2D eigenvalue weighted by Crippen LogP contribution is 2.15. The molecule has 0 bridgehead atoms. The first kappa shape index (κ1) is 17.9. The van der Waals surface area contributed by atoms with E-state index >= 15 is 0 Å². The fourth-order valence-corrected chi connectivity index (χ4v) is 2.19. The van der Waals surface area contributed by atoms with E-state index in [1.165, 1.54) is 56.9 Å². The van der Waals surface area contributed by atoms with Gasteiger partial charge in [0.05, 0.1) is 0 Å². The van der Waals surface area contributed by atoms with Crippen LogP contribution in [0.15, 0.2) is 11.1 Å². The Morgan fingerprint density at radius 1 is 0.737 bits per heavy atom. The zero-order valence-corrected chi connectivity index (χ0v) is 13.4. The molecule has 0 rings (SSSR count). The van der Waals surface area contributed by atoms with E-state index in [0.29, 0.717) is 0 Å². The van der Waals surface area contributed by atoms with Crippen LogP contribution < -0.4 is 0 Å². The first-order valence-corrected chi connectivity index (χ1v) is 7.81. The van der Waals surface area contributed by atoms with E-state index in [0.717, 1.165) is 12.0 Å². The van der Waals surface area contributed by atoms with E-state index in [-0.39, 0.29) is 0 Å². The zero-order valence-electron chi connectivity index (χ0n) is 13.4. The summed E-state index contributed by atoms with van der Waals surface area (Å²) in [6.45, 7) is 8.14. The minimum absolute atomic E-state index is 1.09. The Morgan fingerprint density at radius 2 is 1.26 bits per heavy atom. The highest BCUT2D eigenvalue weighted by atomic mass is 14.0. The van der Waals surface area contributed by atoms with Gasteiger partial charge in [0, 0.05) is 11.1 Å². The van der Waals surface area contributed by atoms with Crippen molar-refractivity contribution >= 4 is 0 Å². The number of unbranched alkanes of at least 4 members (excludes halogenated alkanes) is 7. The van der Waals surface area contributed by atoms with Crippen LogP contribution in [0.5, 0.6) is 0 Å². The molecule has 0 fully saturated rings. The summed E-state index contributed by atoms with van der Waals surface area (Å²) in [6.07, 6.45) is 12.0. The second kappa shape index (κ2) is 13.3. The number of rotatable bonds is 9. The summed E-state index contributed by atoms with van der Waals surface area (Å²) in [7, 11) is 0. The first-order chi connectivity index (χ1) is 9.26. The molecule has 0 radical (unpaired) electrons. The van der Waals surface area contributed by atoms with E-state index in [9.17, 15) is 0 Å². The molecule has 0 N–H and O–H groups in total. The van der Waals surface area contributed by atoms with Crippen molar-refractivity contribution in [1.82, 2.24) is 0 Å². The molecule has 0 saturated carbocycles. The van der Waals surface area contributed by atoms with Gasteiger partial charge in [0.15, 0.2) is 0 Å². The lowest BCUT2D eigenvalue weighted by atomic mass is 10.0. The van der Waals surface area contributed by atoms with E-state index in [4.69, 9.17) is 0 Å². The molecule has 0 aromatic carbocycles. The van der Waals surface area contributed by atoms with Crippen LogP contribution in [0.1, 0.15) is 85.5 Å². The minimum Gasteiger partial charge on any atom is -0.102 e. The molecule has 0 heterocycles. The van der Waals surface area contributed by atoms with Gasteiger partial charge in [0.2, 0.25) is 0 Å². The summed E-state index contributed by atoms with van der Waals surface area (Å²) in [4.78, 5) is 0. The molecule has 0 nitrogen and oxygen atoms in total. The average Bonchev–Trinajstić information content (AvgIpc) is 2.40. The molecule has 0 aromatic rings. The zero-order chi connectivity index (χ0) is 14.3. The first-order valence-electron chi connectivity index (χ1n) is 7.81. The van der Waals surface area contributed by atoms with E-state index in [1.807, 2.05) is 13.8 Å². The van der Waals surface area contributed by atoms with Crippen molar-refractivity contribution in [3.8, 4) is 23.7 Å². The minimum atomic E-state index is 1.09. The van der Waals surface area contributed by atoms with Crippen LogP contribution in [0.25, 0.3) is 0 Å². The molecule has 0 aliphatic rings. The maximum atomic E-state index is 3.21. The van der Waals surface area contributed by atoms with Crippen molar-refractivity contribution in [2.24, 2.45) is 0 Å². The number of hydrogen-bond donors (Lipinski definition) is 0. The standard InChI is InChI=1S/C19H30/c1-5-8-9-10-11-12-13-14-17-19(16-7-3)18(4)15-6-2/h5,8-14,17H2,1-4H3. The fourth-order valence-electron chi connectivity index (χ4n) is 2.19. The maximum Gasteiger partial charge on any atom is 0.0133 e. The highest BCUT2D eigenvalue weighted by Gasteiger charge is 1.98. The lowest BCUT2D eigenvalue weighted by Gasteiger charge is -2.03. The van der Waals surface area contributed by atoms with Crippen LogP contribution in [0.2, 0.25) is 0 Å². The summed E-state index contributed by atoms with van der Waals surface area (Å²) < 4.78 is 0. The molecule has 0 spiro atoms.